The number of rotatable bonds is 6. The summed E-state index contributed by atoms with van der Waals surface area (Å²) in [5.74, 6) is 0.300. The van der Waals surface area contributed by atoms with Crippen molar-refractivity contribution in [3.8, 4) is 0 Å². The van der Waals surface area contributed by atoms with E-state index in [1.807, 2.05) is 4.90 Å². The van der Waals surface area contributed by atoms with Gasteiger partial charge in [-0.2, -0.15) is 13.2 Å². The number of carbonyl (C=O) groups excluding carboxylic acids is 2. The van der Waals surface area contributed by atoms with Gasteiger partial charge in [0.25, 0.3) is 0 Å². The summed E-state index contributed by atoms with van der Waals surface area (Å²) in [5.41, 5.74) is 0.834. The van der Waals surface area contributed by atoms with Crippen LogP contribution in [0.4, 0.5) is 13.2 Å². The second-order valence-electron chi connectivity index (χ2n) is 7.77. The fraction of sp³-hybridized carbons (Fsp3) is 0.545. The molecule has 158 valence electrons. The number of nitrogens with one attached hydrogen (secondary N) is 1. The molecule has 1 aromatic rings. The van der Waals surface area contributed by atoms with Crippen molar-refractivity contribution >= 4 is 11.8 Å². The van der Waals surface area contributed by atoms with Crippen LogP contribution in [-0.2, 0) is 22.3 Å². The molecule has 1 heterocycles. The van der Waals surface area contributed by atoms with Crippen LogP contribution in [0.2, 0.25) is 0 Å². The molecule has 0 spiro atoms. The van der Waals surface area contributed by atoms with E-state index in [2.05, 4.69) is 11.4 Å². The second-order valence-corrected chi connectivity index (χ2v) is 7.77. The fourth-order valence-electron chi connectivity index (χ4n) is 4.13. The van der Waals surface area contributed by atoms with E-state index in [1.165, 1.54) is 18.2 Å². The van der Waals surface area contributed by atoms with E-state index >= 15 is 0 Å². The van der Waals surface area contributed by atoms with Gasteiger partial charge in [-0.05, 0) is 62.1 Å². The molecule has 0 bridgehead atoms. The third kappa shape index (κ3) is 5.84. The quantitative estimate of drug-likeness (QED) is 0.735. The molecule has 0 aromatic heterocycles. The number of likely N-dealkylation sites (tertiary alicyclic amines) is 1. The lowest BCUT2D eigenvalue weighted by atomic mass is 9.85. The summed E-state index contributed by atoms with van der Waals surface area (Å²) >= 11 is 0. The van der Waals surface area contributed by atoms with Gasteiger partial charge in [0.2, 0.25) is 11.8 Å². The van der Waals surface area contributed by atoms with Crippen LogP contribution in [0.1, 0.15) is 62.5 Å². The monoisotopic (exact) mass is 408 g/mol. The molecule has 1 aliphatic heterocycles. The van der Waals surface area contributed by atoms with Crippen molar-refractivity contribution in [2.75, 3.05) is 6.54 Å². The Hall–Kier alpha value is -2.31. The summed E-state index contributed by atoms with van der Waals surface area (Å²) in [4.78, 5) is 26.5. The normalized spacial score (nSPS) is 19.3. The van der Waals surface area contributed by atoms with Crippen molar-refractivity contribution in [1.29, 1.82) is 0 Å². The Kier molecular flexibility index (Phi) is 6.98. The van der Waals surface area contributed by atoms with E-state index in [4.69, 9.17) is 0 Å². The standard InChI is InChI=1S/C22H27F3N2O2/c23-22(24,25)18-9-3-6-16(14-18)15-26-20(28)11-4-12-21(29)27-13-5-8-17-7-1-2-10-19(17)27/h3,6,9-10,14,17H,1-2,4-5,7-8,11-13,15H2,(H,26,28). The first kappa shape index (κ1) is 21.4. The largest absolute Gasteiger partial charge is 0.416 e. The summed E-state index contributed by atoms with van der Waals surface area (Å²) in [5, 5.41) is 2.63. The van der Waals surface area contributed by atoms with Crippen LogP contribution in [0.15, 0.2) is 36.0 Å². The van der Waals surface area contributed by atoms with E-state index in [0.717, 1.165) is 44.4 Å². The highest BCUT2D eigenvalue weighted by Crippen LogP contribution is 2.35. The number of hydrogen-bond acceptors (Lipinski definition) is 2. The van der Waals surface area contributed by atoms with E-state index in [0.29, 0.717) is 24.3 Å². The molecule has 7 heteroatoms. The minimum Gasteiger partial charge on any atom is -0.352 e. The molecular weight excluding hydrogens is 381 g/mol. The predicted molar refractivity (Wildman–Crippen MR) is 104 cm³/mol. The van der Waals surface area contributed by atoms with Gasteiger partial charge in [0.15, 0.2) is 0 Å². The Morgan fingerprint density at radius 2 is 1.93 bits per heavy atom. The average Bonchev–Trinajstić information content (AvgIpc) is 2.71. The van der Waals surface area contributed by atoms with Crippen LogP contribution in [0.3, 0.4) is 0 Å². The zero-order valence-corrected chi connectivity index (χ0v) is 16.4. The van der Waals surface area contributed by atoms with Crippen molar-refractivity contribution in [2.45, 2.75) is 64.1 Å². The molecule has 1 aliphatic carbocycles. The van der Waals surface area contributed by atoms with Gasteiger partial charge in [-0.3, -0.25) is 9.59 Å². The van der Waals surface area contributed by atoms with Crippen LogP contribution in [0.5, 0.6) is 0 Å². The Morgan fingerprint density at radius 1 is 1.14 bits per heavy atom. The van der Waals surface area contributed by atoms with Gasteiger partial charge in [-0.25, -0.2) is 0 Å². The maximum atomic E-state index is 12.7. The molecule has 0 radical (unpaired) electrons. The summed E-state index contributed by atoms with van der Waals surface area (Å²) < 4.78 is 38.2. The molecule has 1 aromatic carbocycles. The maximum Gasteiger partial charge on any atom is 0.416 e. The molecule has 2 amide bonds. The van der Waals surface area contributed by atoms with Crippen molar-refractivity contribution < 1.29 is 22.8 Å². The van der Waals surface area contributed by atoms with Crippen LogP contribution >= 0.6 is 0 Å². The number of fused-ring (bicyclic) bond motifs is 1. The summed E-state index contributed by atoms with van der Waals surface area (Å²) in [7, 11) is 0. The number of carbonyl (C=O) groups is 2. The smallest absolute Gasteiger partial charge is 0.352 e. The van der Waals surface area contributed by atoms with Gasteiger partial charge in [-0.15, -0.1) is 0 Å². The van der Waals surface area contributed by atoms with Crippen molar-refractivity contribution in [3.05, 3.63) is 47.2 Å². The van der Waals surface area contributed by atoms with Gasteiger partial charge in [0.1, 0.15) is 0 Å². The molecule has 4 nitrogen and oxygen atoms in total. The lowest BCUT2D eigenvalue weighted by Crippen LogP contribution is -2.39. The summed E-state index contributed by atoms with van der Waals surface area (Å²) in [6.07, 6.45) is 4.22. The summed E-state index contributed by atoms with van der Waals surface area (Å²) in [6, 6.07) is 4.91. The van der Waals surface area contributed by atoms with E-state index in [-0.39, 0.29) is 24.8 Å². The van der Waals surface area contributed by atoms with Crippen LogP contribution in [0, 0.1) is 5.92 Å². The number of alkyl halides is 3. The Labute approximate surface area is 169 Å². The first-order valence-corrected chi connectivity index (χ1v) is 10.3. The van der Waals surface area contributed by atoms with Gasteiger partial charge < -0.3 is 10.2 Å². The molecule has 2 aliphatic rings. The number of halogens is 3. The zero-order chi connectivity index (χ0) is 20.9. The molecular formula is C22H27F3N2O2. The maximum absolute atomic E-state index is 12.7. The highest BCUT2D eigenvalue weighted by molar-refractivity contribution is 5.80. The average molecular weight is 408 g/mol. The fourth-order valence-corrected chi connectivity index (χ4v) is 4.13. The van der Waals surface area contributed by atoms with Crippen molar-refractivity contribution in [1.82, 2.24) is 10.2 Å². The Balaban J connectivity index is 1.42. The molecule has 1 atom stereocenters. The van der Waals surface area contributed by atoms with Gasteiger partial charge in [0.05, 0.1) is 5.56 Å². The number of amides is 2. The molecule has 3 rings (SSSR count). The number of nitrogens with zero attached hydrogens (tertiary/aromatic N) is 1. The van der Waals surface area contributed by atoms with E-state index in [1.54, 1.807) is 6.07 Å². The zero-order valence-electron chi connectivity index (χ0n) is 16.4. The predicted octanol–water partition coefficient (Wildman–Crippen LogP) is 4.80. The van der Waals surface area contributed by atoms with Gasteiger partial charge in [0, 0.05) is 31.6 Å². The lowest BCUT2D eigenvalue weighted by Gasteiger charge is -2.38. The molecule has 1 saturated heterocycles. The Bertz CT molecular complexity index is 774. The highest BCUT2D eigenvalue weighted by Gasteiger charge is 2.31. The second kappa shape index (κ2) is 9.46. The van der Waals surface area contributed by atoms with E-state index < -0.39 is 11.7 Å². The topological polar surface area (TPSA) is 49.4 Å². The first-order valence-electron chi connectivity index (χ1n) is 10.3. The minimum absolute atomic E-state index is 0.0391. The third-order valence-corrected chi connectivity index (χ3v) is 5.61. The number of allylic oxidation sites excluding steroid dienone is 2. The summed E-state index contributed by atoms with van der Waals surface area (Å²) in [6.45, 7) is 0.792. The lowest BCUT2D eigenvalue weighted by molar-refractivity contribution is -0.137. The number of hydrogen-bond donors (Lipinski definition) is 1. The Morgan fingerprint density at radius 3 is 2.72 bits per heavy atom. The van der Waals surface area contributed by atoms with Crippen molar-refractivity contribution in [3.63, 3.8) is 0 Å². The molecule has 1 fully saturated rings. The van der Waals surface area contributed by atoms with E-state index in [9.17, 15) is 22.8 Å². The molecule has 29 heavy (non-hydrogen) atoms. The van der Waals surface area contributed by atoms with Gasteiger partial charge in [-0.1, -0.05) is 18.2 Å². The van der Waals surface area contributed by atoms with Crippen LogP contribution in [-0.4, -0.2) is 23.3 Å². The molecule has 1 N–H and O–H groups in total. The molecule has 1 unspecified atom stereocenters. The third-order valence-electron chi connectivity index (χ3n) is 5.61. The van der Waals surface area contributed by atoms with Crippen molar-refractivity contribution in [2.24, 2.45) is 5.92 Å². The van der Waals surface area contributed by atoms with Gasteiger partial charge >= 0.3 is 6.18 Å². The SMILES string of the molecule is O=C(CCCC(=O)N1CCCC2CCCC=C21)NCc1cccc(C(F)(F)F)c1. The number of piperidine rings is 1. The highest BCUT2D eigenvalue weighted by atomic mass is 19.4. The first-order chi connectivity index (χ1) is 13.8. The minimum atomic E-state index is -4.40. The van der Waals surface area contributed by atoms with Crippen LogP contribution in [0.25, 0.3) is 0 Å². The van der Waals surface area contributed by atoms with Crippen LogP contribution < -0.4 is 5.32 Å². The number of benzene rings is 1. The molecule has 0 saturated carbocycles.